The molecule has 0 spiro atoms. The molecule has 0 fully saturated rings. The molecule has 0 aromatic heterocycles. The Morgan fingerprint density at radius 1 is 1.04 bits per heavy atom. The summed E-state index contributed by atoms with van der Waals surface area (Å²) >= 11 is 0. The van der Waals surface area contributed by atoms with Gasteiger partial charge in [0, 0.05) is 25.1 Å². The van der Waals surface area contributed by atoms with E-state index in [1.54, 1.807) is 42.5 Å². The van der Waals surface area contributed by atoms with E-state index >= 15 is 0 Å². The summed E-state index contributed by atoms with van der Waals surface area (Å²) in [7, 11) is 0. The van der Waals surface area contributed by atoms with Crippen molar-refractivity contribution in [1.82, 2.24) is 5.32 Å². The van der Waals surface area contributed by atoms with Crippen LogP contribution in [0, 0.1) is 10.1 Å². The number of amides is 2. The summed E-state index contributed by atoms with van der Waals surface area (Å²) in [5, 5.41) is 19.4. The number of nitrogens with one attached hydrogen (secondary N) is 3. The van der Waals surface area contributed by atoms with E-state index in [0.717, 1.165) is 0 Å². The first-order valence-corrected chi connectivity index (χ1v) is 8.55. The van der Waals surface area contributed by atoms with E-state index in [4.69, 9.17) is 0 Å². The van der Waals surface area contributed by atoms with Crippen LogP contribution in [0.2, 0.25) is 0 Å². The fourth-order valence-corrected chi connectivity index (χ4v) is 2.44. The predicted octanol–water partition coefficient (Wildman–Crippen LogP) is 3.17. The summed E-state index contributed by atoms with van der Waals surface area (Å²) in [5.74, 6) is -0.565. The molecule has 2 aromatic rings. The Hall–Kier alpha value is -3.42. The van der Waals surface area contributed by atoms with Gasteiger partial charge in [0.2, 0.25) is 5.91 Å². The van der Waals surface area contributed by atoms with E-state index in [2.05, 4.69) is 16.0 Å². The summed E-state index contributed by atoms with van der Waals surface area (Å²) in [6, 6.07) is 13.0. The number of nitro groups is 1. The Balaban J connectivity index is 1.95. The quantitative estimate of drug-likeness (QED) is 0.488. The van der Waals surface area contributed by atoms with Gasteiger partial charge < -0.3 is 16.0 Å². The van der Waals surface area contributed by atoms with E-state index < -0.39 is 4.92 Å². The van der Waals surface area contributed by atoms with Crippen LogP contribution in [0.4, 0.5) is 17.1 Å². The molecule has 2 amide bonds. The van der Waals surface area contributed by atoms with Crippen molar-refractivity contribution in [2.24, 2.45) is 0 Å². The highest BCUT2D eigenvalue weighted by atomic mass is 16.6. The molecule has 2 rings (SSSR count). The lowest BCUT2D eigenvalue weighted by molar-refractivity contribution is -0.384. The van der Waals surface area contributed by atoms with Crippen LogP contribution in [-0.2, 0) is 4.79 Å². The third-order valence-electron chi connectivity index (χ3n) is 3.63. The first-order chi connectivity index (χ1) is 12.9. The molecule has 0 saturated heterocycles. The lowest BCUT2D eigenvalue weighted by atomic mass is 10.1. The maximum absolute atomic E-state index is 12.2. The molecular weight excluding hydrogens is 348 g/mol. The van der Waals surface area contributed by atoms with E-state index in [1.807, 2.05) is 13.8 Å². The number of para-hydroxylation sites is 3. The highest BCUT2D eigenvalue weighted by Crippen LogP contribution is 2.23. The molecule has 0 aliphatic heterocycles. The minimum Gasteiger partial charge on any atom is -0.379 e. The number of anilines is 2. The van der Waals surface area contributed by atoms with E-state index in [9.17, 15) is 19.7 Å². The highest BCUT2D eigenvalue weighted by Gasteiger charge is 2.15. The van der Waals surface area contributed by atoms with Crippen LogP contribution in [0.1, 0.15) is 30.6 Å². The maximum Gasteiger partial charge on any atom is 0.292 e. The zero-order chi connectivity index (χ0) is 19.8. The monoisotopic (exact) mass is 370 g/mol. The number of carbonyl (C=O) groups is 2. The molecule has 2 aromatic carbocycles. The van der Waals surface area contributed by atoms with Gasteiger partial charge in [-0.3, -0.25) is 19.7 Å². The topological polar surface area (TPSA) is 113 Å². The second kappa shape index (κ2) is 9.33. The molecule has 0 bridgehead atoms. The fourth-order valence-electron chi connectivity index (χ4n) is 2.44. The van der Waals surface area contributed by atoms with Crippen LogP contribution < -0.4 is 16.0 Å². The van der Waals surface area contributed by atoms with Crippen LogP contribution in [0.5, 0.6) is 0 Å². The van der Waals surface area contributed by atoms with Crippen molar-refractivity contribution in [2.75, 3.05) is 17.2 Å². The van der Waals surface area contributed by atoms with Gasteiger partial charge in [-0.15, -0.1) is 0 Å². The molecule has 0 atom stereocenters. The van der Waals surface area contributed by atoms with Crippen LogP contribution in [-0.4, -0.2) is 29.3 Å². The third-order valence-corrected chi connectivity index (χ3v) is 3.63. The Labute approximate surface area is 157 Å². The second-order valence-corrected chi connectivity index (χ2v) is 6.17. The van der Waals surface area contributed by atoms with Crippen molar-refractivity contribution in [3.63, 3.8) is 0 Å². The molecule has 8 nitrogen and oxygen atoms in total. The number of hydrogen-bond acceptors (Lipinski definition) is 5. The predicted molar refractivity (Wildman–Crippen MR) is 104 cm³/mol. The number of nitro benzene ring substituents is 1. The number of nitrogens with zero attached hydrogens (tertiary/aromatic N) is 1. The normalized spacial score (nSPS) is 10.3. The molecule has 0 radical (unpaired) electrons. The van der Waals surface area contributed by atoms with Crippen LogP contribution >= 0.6 is 0 Å². The van der Waals surface area contributed by atoms with Crippen molar-refractivity contribution in [2.45, 2.75) is 26.3 Å². The van der Waals surface area contributed by atoms with Gasteiger partial charge >= 0.3 is 0 Å². The van der Waals surface area contributed by atoms with Gasteiger partial charge in [0.15, 0.2) is 0 Å². The smallest absolute Gasteiger partial charge is 0.292 e. The van der Waals surface area contributed by atoms with Gasteiger partial charge in [0.1, 0.15) is 5.69 Å². The average molecular weight is 370 g/mol. The van der Waals surface area contributed by atoms with Crippen molar-refractivity contribution < 1.29 is 14.5 Å². The SMILES string of the molecule is CC(C)NC(=O)c1ccccc1NC(=O)CCNc1ccccc1[N+](=O)[O-]. The standard InChI is InChI=1S/C19H22N4O4/c1-13(2)21-19(25)14-7-3-4-8-15(14)22-18(24)11-12-20-16-9-5-6-10-17(16)23(26)27/h3-10,13,20H,11-12H2,1-2H3,(H,21,25)(H,22,24). The highest BCUT2D eigenvalue weighted by molar-refractivity contribution is 6.03. The first kappa shape index (κ1) is 19.9. The summed E-state index contributed by atoms with van der Waals surface area (Å²) in [5.41, 5.74) is 1.11. The van der Waals surface area contributed by atoms with Crippen LogP contribution in [0.3, 0.4) is 0 Å². The van der Waals surface area contributed by atoms with Gasteiger partial charge in [0.25, 0.3) is 11.6 Å². The van der Waals surface area contributed by atoms with Gasteiger partial charge in [-0.2, -0.15) is 0 Å². The molecule has 142 valence electrons. The zero-order valence-electron chi connectivity index (χ0n) is 15.2. The van der Waals surface area contributed by atoms with E-state index in [-0.39, 0.29) is 36.5 Å². The summed E-state index contributed by atoms with van der Waals surface area (Å²) in [6.07, 6.45) is 0.0895. The van der Waals surface area contributed by atoms with Gasteiger partial charge in [-0.25, -0.2) is 0 Å². The van der Waals surface area contributed by atoms with Gasteiger partial charge in [-0.05, 0) is 32.0 Å². The van der Waals surface area contributed by atoms with Crippen molar-refractivity contribution in [3.05, 3.63) is 64.2 Å². The molecule has 0 saturated carbocycles. The van der Waals surface area contributed by atoms with Crippen LogP contribution in [0.25, 0.3) is 0 Å². The number of hydrogen-bond donors (Lipinski definition) is 3. The minimum atomic E-state index is -0.480. The lowest BCUT2D eigenvalue weighted by Crippen LogP contribution is -2.31. The average Bonchev–Trinajstić information content (AvgIpc) is 2.61. The molecule has 3 N–H and O–H groups in total. The molecule has 0 aliphatic carbocycles. The molecule has 8 heteroatoms. The van der Waals surface area contributed by atoms with Gasteiger partial charge in [-0.1, -0.05) is 24.3 Å². The molecule has 0 aliphatic rings. The summed E-state index contributed by atoms with van der Waals surface area (Å²) in [4.78, 5) is 34.9. The van der Waals surface area contributed by atoms with Crippen molar-refractivity contribution in [1.29, 1.82) is 0 Å². The number of benzene rings is 2. The van der Waals surface area contributed by atoms with Crippen LogP contribution in [0.15, 0.2) is 48.5 Å². The van der Waals surface area contributed by atoms with Crippen molar-refractivity contribution in [3.8, 4) is 0 Å². The molecular formula is C19H22N4O4. The Morgan fingerprint density at radius 3 is 2.33 bits per heavy atom. The maximum atomic E-state index is 12.2. The van der Waals surface area contributed by atoms with Crippen molar-refractivity contribution >= 4 is 28.9 Å². The second-order valence-electron chi connectivity index (χ2n) is 6.17. The summed E-state index contributed by atoms with van der Waals surface area (Å²) < 4.78 is 0. The fraction of sp³-hybridized carbons (Fsp3) is 0.263. The number of carbonyl (C=O) groups excluding carboxylic acids is 2. The summed E-state index contributed by atoms with van der Waals surface area (Å²) in [6.45, 7) is 3.93. The Morgan fingerprint density at radius 2 is 1.67 bits per heavy atom. The van der Waals surface area contributed by atoms with E-state index in [0.29, 0.717) is 16.9 Å². The lowest BCUT2D eigenvalue weighted by Gasteiger charge is -2.13. The first-order valence-electron chi connectivity index (χ1n) is 8.55. The molecule has 27 heavy (non-hydrogen) atoms. The largest absolute Gasteiger partial charge is 0.379 e. The Kier molecular flexibility index (Phi) is 6.87. The molecule has 0 heterocycles. The zero-order valence-corrected chi connectivity index (χ0v) is 15.2. The Bertz CT molecular complexity index is 836. The molecule has 0 unspecified atom stereocenters. The number of rotatable bonds is 8. The van der Waals surface area contributed by atoms with E-state index in [1.165, 1.54) is 6.07 Å². The third kappa shape index (κ3) is 5.81. The minimum absolute atomic E-state index is 0.0212. The van der Waals surface area contributed by atoms with Gasteiger partial charge in [0.05, 0.1) is 16.2 Å².